The first-order chi connectivity index (χ1) is 18.9. The molecule has 4 rings (SSSR count). The van der Waals surface area contributed by atoms with E-state index in [-0.39, 0.29) is 23.0 Å². The summed E-state index contributed by atoms with van der Waals surface area (Å²) in [6, 6.07) is 23.0. The van der Waals surface area contributed by atoms with Gasteiger partial charge in [0.25, 0.3) is 0 Å². The van der Waals surface area contributed by atoms with E-state index < -0.39 is 44.1 Å². The number of Topliss-reactive ketones (excluding diaryl/α,β-unsaturated/α-hetero) is 1. The Morgan fingerprint density at radius 1 is 0.975 bits per heavy atom. The van der Waals surface area contributed by atoms with Gasteiger partial charge < -0.3 is 0 Å². The molecule has 6 nitrogen and oxygen atoms in total. The number of nitrogens with zero attached hydrogens (tertiary/aromatic N) is 1. The second-order valence-corrected chi connectivity index (χ2v) is 14.4. The first-order valence-corrected chi connectivity index (χ1v) is 16.1. The van der Waals surface area contributed by atoms with Gasteiger partial charge in [-0.2, -0.15) is 5.26 Å². The number of carbonyl (C=O) groups excluding carboxylic acids is 1. The molecule has 0 aliphatic heterocycles. The van der Waals surface area contributed by atoms with E-state index in [0.29, 0.717) is 21.8 Å². The fourth-order valence-electron chi connectivity index (χ4n) is 5.74. The van der Waals surface area contributed by atoms with Crippen molar-refractivity contribution in [2.45, 2.75) is 73.6 Å². The van der Waals surface area contributed by atoms with E-state index in [4.69, 9.17) is 0 Å². The maximum Gasteiger partial charge on any atom is 0.240 e. The van der Waals surface area contributed by atoms with Gasteiger partial charge in [-0.15, -0.1) is 0 Å². The number of sulfonamides is 1. The highest BCUT2D eigenvalue weighted by Crippen LogP contribution is 2.48. The molecule has 5 atom stereocenters. The minimum Gasteiger partial charge on any atom is -0.299 e. The van der Waals surface area contributed by atoms with Crippen LogP contribution in [0.2, 0.25) is 0 Å². The lowest BCUT2D eigenvalue weighted by atomic mass is 9.66. The van der Waals surface area contributed by atoms with Crippen molar-refractivity contribution < 1.29 is 17.4 Å². The van der Waals surface area contributed by atoms with Crippen LogP contribution in [0.3, 0.4) is 0 Å². The Hall–Kier alpha value is -3.12. The zero-order valence-corrected chi connectivity index (χ0v) is 25.2. The van der Waals surface area contributed by atoms with Crippen molar-refractivity contribution in [3.05, 3.63) is 89.5 Å². The smallest absolute Gasteiger partial charge is 0.240 e. The molecule has 8 heteroatoms. The SMILES string of the molecule is Cc1ccc([S@](=O)c2ccccc2[C@](C)(C#N)[C@H]2CCC(=O)[C@@H]2[C@H](NS(=O)(=O)c2ccc(C)cc2)C(C)C)cc1. The number of aryl methyl sites for hydroxylation is 2. The van der Waals surface area contributed by atoms with E-state index in [1.807, 2.05) is 64.1 Å². The van der Waals surface area contributed by atoms with Crippen LogP contribution in [0.15, 0.2) is 87.5 Å². The average molecular weight is 577 g/mol. The van der Waals surface area contributed by atoms with Gasteiger partial charge in [0.1, 0.15) is 5.78 Å². The molecule has 0 amide bonds. The van der Waals surface area contributed by atoms with Crippen molar-refractivity contribution in [3.63, 3.8) is 0 Å². The Kier molecular flexibility index (Phi) is 8.79. The molecule has 3 aromatic carbocycles. The lowest BCUT2D eigenvalue weighted by Gasteiger charge is -2.38. The van der Waals surface area contributed by atoms with Crippen LogP contribution in [0, 0.1) is 42.9 Å². The molecule has 40 heavy (non-hydrogen) atoms. The minimum atomic E-state index is -3.92. The molecule has 1 saturated carbocycles. The first-order valence-electron chi connectivity index (χ1n) is 13.5. The summed E-state index contributed by atoms with van der Waals surface area (Å²) in [6.45, 7) is 9.41. The van der Waals surface area contributed by atoms with E-state index in [0.717, 1.165) is 11.1 Å². The molecule has 1 N–H and O–H groups in total. The maximum absolute atomic E-state index is 13.8. The Morgan fingerprint density at radius 3 is 2.12 bits per heavy atom. The second-order valence-electron chi connectivity index (χ2n) is 11.2. The Balaban J connectivity index is 1.76. The van der Waals surface area contributed by atoms with Crippen molar-refractivity contribution in [3.8, 4) is 6.07 Å². The summed E-state index contributed by atoms with van der Waals surface area (Å²) in [5.41, 5.74) is 1.41. The van der Waals surface area contributed by atoms with E-state index in [1.54, 1.807) is 43.3 Å². The Labute approximate surface area is 240 Å². The number of nitriles is 1. The largest absolute Gasteiger partial charge is 0.299 e. The van der Waals surface area contributed by atoms with Crippen LogP contribution in [-0.2, 0) is 31.0 Å². The molecule has 0 radical (unpaired) electrons. The van der Waals surface area contributed by atoms with Crippen molar-refractivity contribution in [2.24, 2.45) is 17.8 Å². The van der Waals surface area contributed by atoms with Crippen LogP contribution in [-0.4, -0.2) is 24.5 Å². The standard InChI is InChI=1S/C32H36N2O4S2/c1-21(2)31(34-40(37,38)25-16-12-23(4)13-17-25)30-27(18-19-28(30)35)32(5,20-33)26-8-6-7-9-29(26)39(36)24-14-10-22(3)11-15-24/h6-17,21,27,30-31,34H,18-19H2,1-5H3/t27-,30+,31+,32-,39-/m0/s1. The van der Waals surface area contributed by atoms with Crippen LogP contribution < -0.4 is 4.72 Å². The van der Waals surface area contributed by atoms with Crippen LogP contribution in [0.4, 0.5) is 0 Å². The van der Waals surface area contributed by atoms with E-state index in [1.165, 1.54) is 0 Å². The Bertz CT molecular complexity index is 1560. The molecule has 1 fully saturated rings. The zero-order valence-electron chi connectivity index (χ0n) is 23.5. The van der Waals surface area contributed by atoms with Crippen molar-refractivity contribution in [1.82, 2.24) is 4.72 Å². The molecular formula is C32H36N2O4S2. The number of nitrogens with one attached hydrogen (secondary N) is 1. The molecule has 0 bridgehead atoms. The molecule has 0 saturated heterocycles. The van der Waals surface area contributed by atoms with Gasteiger partial charge in [-0.25, -0.2) is 17.3 Å². The fraction of sp³-hybridized carbons (Fsp3) is 0.375. The first kappa shape index (κ1) is 29.9. The Morgan fingerprint density at radius 2 is 1.55 bits per heavy atom. The number of ketones is 1. The molecule has 0 unspecified atom stereocenters. The third-order valence-electron chi connectivity index (χ3n) is 8.09. The van der Waals surface area contributed by atoms with Crippen molar-refractivity contribution in [2.75, 3.05) is 0 Å². The fourth-order valence-corrected chi connectivity index (χ4v) is 8.47. The third-order valence-corrected chi connectivity index (χ3v) is 11.0. The van der Waals surface area contributed by atoms with E-state index in [2.05, 4.69) is 10.8 Å². The van der Waals surface area contributed by atoms with E-state index >= 15 is 0 Å². The quantitative estimate of drug-likeness (QED) is 0.344. The van der Waals surface area contributed by atoms with Crippen LogP contribution in [0.5, 0.6) is 0 Å². The van der Waals surface area contributed by atoms with Gasteiger partial charge in [-0.3, -0.25) is 4.79 Å². The molecule has 0 aromatic heterocycles. The van der Waals surface area contributed by atoms with Gasteiger partial charge in [0.2, 0.25) is 10.0 Å². The van der Waals surface area contributed by atoms with Crippen LogP contribution in [0.25, 0.3) is 0 Å². The summed E-state index contributed by atoms with van der Waals surface area (Å²) in [6.07, 6.45) is 0.694. The molecule has 0 heterocycles. The van der Waals surface area contributed by atoms with Gasteiger partial charge >= 0.3 is 0 Å². The summed E-state index contributed by atoms with van der Waals surface area (Å²) in [5.74, 6) is -1.47. The molecule has 1 aliphatic rings. The molecule has 210 valence electrons. The van der Waals surface area contributed by atoms with Crippen molar-refractivity contribution >= 4 is 26.6 Å². The number of hydrogen-bond donors (Lipinski definition) is 1. The lowest BCUT2D eigenvalue weighted by Crippen LogP contribution is -2.50. The highest BCUT2D eigenvalue weighted by atomic mass is 32.2. The van der Waals surface area contributed by atoms with E-state index in [9.17, 15) is 22.7 Å². The average Bonchev–Trinajstić information content (AvgIpc) is 3.32. The van der Waals surface area contributed by atoms with Gasteiger partial charge in [0, 0.05) is 28.2 Å². The summed E-state index contributed by atoms with van der Waals surface area (Å²) in [4.78, 5) is 14.7. The lowest BCUT2D eigenvalue weighted by molar-refractivity contribution is -0.122. The van der Waals surface area contributed by atoms with Gasteiger partial charge in [0.05, 0.1) is 27.2 Å². The summed E-state index contributed by atoms with van der Waals surface area (Å²) >= 11 is 0. The van der Waals surface area contributed by atoms with Crippen LogP contribution in [0.1, 0.15) is 50.3 Å². The molecule has 1 aliphatic carbocycles. The topological polar surface area (TPSA) is 104 Å². The predicted octanol–water partition coefficient (Wildman–Crippen LogP) is 5.85. The monoisotopic (exact) mass is 576 g/mol. The number of hydrogen-bond acceptors (Lipinski definition) is 5. The summed E-state index contributed by atoms with van der Waals surface area (Å²) < 4.78 is 43.4. The number of rotatable bonds is 9. The number of carbonyl (C=O) groups is 1. The predicted molar refractivity (Wildman–Crippen MR) is 157 cm³/mol. The maximum atomic E-state index is 13.8. The third kappa shape index (κ3) is 5.83. The molecule has 3 aromatic rings. The van der Waals surface area contributed by atoms with Gasteiger partial charge in [-0.1, -0.05) is 67.4 Å². The number of benzene rings is 3. The molecular weight excluding hydrogens is 540 g/mol. The summed E-state index contributed by atoms with van der Waals surface area (Å²) in [5, 5.41) is 10.7. The van der Waals surface area contributed by atoms with Crippen molar-refractivity contribution in [1.29, 1.82) is 5.26 Å². The zero-order chi connectivity index (χ0) is 29.2. The minimum absolute atomic E-state index is 0.0612. The van der Waals surface area contributed by atoms with Crippen LogP contribution >= 0.6 is 0 Å². The van der Waals surface area contributed by atoms with Gasteiger partial charge in [0.15, 0.2) is 0 Å². The van der Waals surface area contributed by atoms with Gasteiger partial charge in [-0.05, 0) is 74.9 Å². The highest BCUT2D eigenvalue weighted by molar-refractivity contribution is 7.89. The highest BCUT2D eigenvalue weighted by Gasteiger charge is 2.52. The molecule has 0 spiro atoms. The second kappa shape index (κ2) is 11.8. The summed E-state index contributed by atoms with van der Waals surface area (Å²) in [7, 11) is -5.46. The normalized spacial score (nSPS) is 20.6.